The third kappa shape index (κ3) is 3.66. The van der Waals surface area contributed by atoms with E-state index in [0.29, 0.717) is 12.3 Å². The van der Waals surface area contributed by atoms with E-state index >= 15 is 0 Å². The zero-order valence-electron chi connectivity index (χ0n) is 12.3. The van der Waals surface area contributed by atoms with Gasteiger partial charge >= 0.3 is 0 Å². The molecule has 3 N–H and O–H groups in total. The van der Waals surface area contributed by atoms with Gasteiger partial charge in [-0.3, -0.25) is 4.68 Å². The maximum Gasteiger partial charge on any atom is 0.123 e. The van der Waals surface area contributed by atoms with Crippen LogP contribution < -0.4 is 15.8 Å². The number of benzene rings is 1. The van der Waals surface area contributed by atoms with Gasteiger partial charge in [-0.2, -0.15) is 5.10 Å². The molecule has 0 atom stereocenters. The van der Waals surface area contributed by atoms with Crippen LogP contribution in [0.1, 0.15) is 24.6 Å². The lowest BCUT2D eigenvalue weighted by atomic mass is 10.2. The van der Waals surface area contributed by atoms with Crippen molar-refractivity contribution >= 4 is 11.4 Å². The minimum Gasteiger partial charge on any atom is -0.493 e. The van der Waals surface area contributed by atoms with Crippen molar-refractivity contribution in [3.8, 4) is 5.75 Å². The minimum atomic E-state index is 0.698. The fourth-order valence-electron chi connectivity index (χ4n) is 2.05. The van der Waals surface area contributed by atoms with Gasteiger partial charge in [-0.05, 0) is 19.4 Å². The van der Waals surface area contributed by atoms with Crippen LogP contribution in [0.15, 0.2) is 24.4 Å². The summed E-state index contributed by atoms with van der Waals surface area (Å²) in [4.78, 5) is 0. The Morgan fingerprint density at radius 3 is 2.80 bits per heavy atom. The Bertz CT molecular complexity index is 577. The molecular formula is C15H22N4O. The molecule has 5 nitrogen and oxygen atoms in total. The lowest BCUT2D eigenvalue weighted by Gasteiger charge is -2.10. The summed E-state index contributed by atoms with van der Waals surface area (Å²) in [6.07, 6.45) is 3.00. The Morgan fingerprint density at radius 2 is 2.15 bits per heavy atom. The Morgan fingerprint density at radius 1 is 1.35 bits per heavy atom. The first kappa shape index (κ1) is 14.2. The summed E-state index contributed by atoms with van der Waals surface area (Å²) < 4.78 is 7.44. The molecule has 1 heterocycles. The first-order valence-electron chi connectivity index (χ1n) is 6.85. The Kier molecular flexibility index (Phi) is 4.50. The maximum absolute atomic E-state index is 5.90. The van der Waals surface area contributed by atoms with Gasteiger partial charge in [-0.1, -0.05) is 6.92 Å². The van der Waals surface area contributed by atoms with E-state index in [1.54, 1.807) is 0 Å². The minimum absolute atomic E-state index is 0.698. The predicted octanol–water partition coefficient (Wildman–Crippen LogP) is 2.71. The number of aromatic nitrogens is 2. The number of hydrogen-bond acceptors (Lipinski definition) is 4. The zero-order valence-corrected chi connectivity index (χ0v) is 12.3. The number of hydrogen-bond donors (Lipinski definition) is 2. The van der Waals surface area contributed by atoms with Gasteiger partial charge < -0.3 is 15.8 Å². The molecule has 1 aromatic carbocycles. The molecule has 0 radical (unpaired) electrons. The van der Waals surface area contributed by atoms with E-state index in [2.05, 4.69) is 17.3 Å². The van der Waals surface area contributed by atoms with Crippen LogP contribution >= 0.6 is 0 Å². The highest BCUT2D eigenvalue weighted by molar-refractivity contribution is 5.59. The lowest BCUT2D eigenvalue weighted by molar-refractivity contribution is 0.318. The molecule has 0 amide bonds. The second-order valence-electron chi connectivity index (χ2n) is 4.91. The number of ether oxygens (including phenoxy) is 1. The molecule has 0 fully saturated rings. The summed E-state index contributed by atoms with van der Waals surface area (Å²) in [7, 11) is 1.92. The first-order valence-corrected chi connectivity index (χ1v) is 6.85. The van der Waals surface area contributed by atoms with Crippen molar-refractivity contribution in [2.75, 3.05) is 17.7 Å². The molecule has 20 heavy (non-hydrogen) atoms. The monoisotopic (exact) mass is 274 g/mol. The molecule has 0 bridgehead atoms. The van der Waals surface area contributed by atoms with Gasteiger partial charge in [0.05, 0.1) is 12.3 Å². The van der Waals surface area contributed by atoms with Crippen molar-refractivity contribution in [3.63, 3.8) is 0 Å². The van der Waals surface area contributed by atoms with Crippen molar-refractivity contribution in [3.05, 3.63) is 35.7 Å². The fourth-order valence-corrected chi connectivity index (χ4v) is 2.05. The Labute approximate surface area is 119 Å². The van der Waals surface area contributed by atoms with Gasteiger partial charge in [0.2, 0.25) is 0 Å². The van der Waals surface area contributed by atoms with E-state index in [1.807, 2.05) is 43.0 Å². The van der Waals surface area contributed by atoms with Crippen molar-refractivity contribution < 1.29 is 4.74 Å². The van der Waals surface area contributed by atoms with Crippen molar-refractivity contribution in [1.29, 1.82) is 0 Å². The van der Waals surface area contributed by atoms with Crippen molar-refractivity contribution in [2.45, 2.75) is 26.8 Å². The van der Waals surface area contributed by atoms with Crippen LogP contribution in [-0.4, -0.2) is 16.4 Å². The maximum atomic E-state index is 5.90. The Balaban J connectivity index is 2.05. The summed E-state index contributed by atoms with van der Waals surface area (Å²) >= 11 is 0. The van der Waals surface area contributed by atoms with Gasteiger partial charge in [-0.25, -0.2) is 0 Å². The number of aryl methyl sites for hydroxylation is 2. The third-order valence-electron chi connectivity index (χ3n) is 3.00. The van der Waals surface area contributed by atoms with Crippen LogP contribution in [0.4, 0.5) is 11.4 Å². The second-order valence-corrected chi connectivity index (χ2v) is 4.91. The van der Waals surface area contributed by atoms with E-state index in [4.69, 9.17) is 10.5 Å². The molecule has 0 aliphatic carbocycles. The Hall–Kier alpha value is -2.17. The van der Waals surface area contributed by atoms with E-state index in [1.165, 1.54) is 5.56 Å². The van der Waals surface area contributed by atoms with Crippen LogP contribution in [0.25, 0.3) is 0 Å². The average molecular weight is 274 g/mol. The SMILES string of the molecule is CCCOc1cc(N)cc(NCc2cn(C)nc2C)c1. The quantitative estimate of drug-likeness (QED) is 0.795. The molecule has 2 aromatic rings. The topological polar surface area (TPSA) is 65.1 Å². The predicted molar refractivity (Wildman–Crippen MR) is 81.9 cm³/mol. The normalized spacial score (nSPS) is 10.6. The van der Waals surface area contributed by atoms with Crippen LogP contribution in [0.2, 0.25) is 0 Å². The molecule has 5 heteroatoms. The molecule has 0 aliphatic heterocycles. The average Bonchev–Trinajstić information content (AvgIpc) is 2.72. The molecule has 0 unspecified atom stereocenters. The van der Waals surface area contributed by atoms with Gasteiger partial charge in [0.25, 0.3) is 0 Å². The number of nitrogens with two attached hydrogens (primary N) is 1. The third-order valence-corrected chi connectivity index (χ3v) is 3.00. The molecule has 0 spiro atoms. The standard InChI is InChI=1S/C15H22N4O/c1-4-5-20-15-7-13(16)6-14(8-15)17-9-12-10-19(3)18-11(12)2/h6-8,10,17H,4-5,9,16H2,1-3H3. The lowest BCUT2D eigenvalue weighted by Crippen LogP contribution is -2.02. The second kappa shape index (κ2) is 6.32. The van der Waals surface area contributed by atoms with Crippen molar-refractivity contribution in [1.82, 2.24) is 9.78 Å². The number of nitrogens with zero attached hydrogens (tertiary/aromatic N) is 2. The number of nitrogens with one attached hydrogen (secondary N) is 1. The first-order chi connectivity index (χ1) is 9.58. The van der Waals surface area contributed by atoms with Gasteiger partial charge in [0, 0.05) is 48.9 Å². The molecule has 0 aliphatic rings. The van der Waals surface area contributed by atoms with Crippen LogP contribution in [0.5, 0.6) is 5.75 Å². The van der Waals surface area contributed by atoms with E-state index in [9.17, 15) is 0 Å². The highest BCUT2D eigenvalue weighted by Crippen LogP contribution is 2.23. The van der Waals surface area contributed by atoms with Gasteiger partial charge in [0.15, 0.2) is 0 Å². The number of anilines is 2. The van der Waals surface area contributed by atoms with Crippen LogP contribution in [0.3, 0.4) is 0 Å². The molecular weight excluding hydrogens is 252 g/mol. The van der Waals surface area contributed by atoms with Crippen LogP contribution in [0, 0.1) is 6.92 Å². The smallest absolute Gasteiger partial charge is 0.123 e. The highest BCUT2D eigenvalue weighted by Gasteiger charge is 2.04. The summed E-state index contributed by atoms with van der Waals surface area (Å²) in [6, 6.07) is 5.72. The number of rotatable bonds is 6. The molecule has 0 saturated carbocycles. The van der Waals surface area contributed by atoms with E-state index in [-0.39, 0.29) is 0 Å². The molecule has 0 saturated heterocycles. The van der Waals surface area contributed by atoms with E-state index in [0.717, 1.165) is 30.1 Å². The summed E-state index contributed by atoms with van der Waals surface area (Å²) in [5.74, 6) is 0.803. The zero-order chi connectivity index (χ0) is 14.5. The fraction of sp³-hybridized carbons (Fsp3) is 0.400. The molecule has 1 aromatic heterocycles. The van der Waals surface area contributed by atoms with Gasteiger partial charge in [0.1, 0.15) is 5.75 Å². The molecule has 2 rings (SSSR count). The largest absolute Gasteiger partial charge is 0.493 e. The van der Waals surface area contributed by atoms with Crippen LogP contribution in [-0.2, 0) is 13.6 Å². The summed E-state index contributed by atoms with van der Waals surface area (Å²) in [5.41, 5.74) is 9.76. The highest BCUT2D eigenvalue weighted by atomic mass is 16.5. The van der Waals surface area contributed by atoms with Gasteiger partial charge in [-0.15, -0.1) is 0 Å². The molecule has 108 valence electrons. The summed E-state index contributed by atoms with van der Waals surface area (Å²) in [5, 5.41) is 7.69. The van der Waals surface area contributed by atoms with E-state index < -0.39 is 0 Å². The van der Waals surface area contributed by atoms with Crippen molar-refractivity contribution in [2.24, 2.45) is 7.05 Å². The summed E-state index contributed by atoms with van der Waals surface area (Å²) in [6.45, 7) is 5.50. The number of nitrogen functional groups attached to an aromatic ring is 1.